The number of nitro groups is 1. The summed E-state index contributed by atoms with van der Waals surface area (Å²) in [6.45, 7) is 1.48. The molecule has 0 amide bonds. The smallest absolute Gasteiger partial charge is 0.243 e. The fourth-order valence-electron chi connectivity index (χ4n) is 2.43. The van der Waals surface area contributed by atoms with Crippen LogP contribution in [0.4, 0.5) is 0 Å². The van der Waals surface area contributed by atoms with E-state index in [0.717, 1.165) is 27.7 Å². The van der Waals surface area contributed by atoms with Crippen LogP contribution >= 0.6 is 11.6 Å². The first-order valence-corrected chi connectivity index (χ1v) is 7.13. The third-order valence-corrected chi connectivity index (χ3v) is 3.74. The van der Waals surface area contributed by atoms with Gasteiger partial charge in [0.2, 0.25) is 5.70 Å². The molecular formula is C17H13ClN2O2. The summed E-state index contributed by atoms with van der Waals surface area (Å²) in [6, 6.07) is 15.2. The molecule has 1 aromatic heterocycles. The first-order chi connectivity index (χ1) is 10.6. The van der Waals surface area contributed by atoms with Crippen LogP contribution in [0.2, 0.25) is 5.02 Å². The zero-order valence-corrected chi connectivity index (χ0v) is 12.6. The number of nitrogens with zero attached hydrogens (tertiary/aromatic N) is 1. The maximum Gasteiger partial charge on any atom is 0.243 e. The molecule has 3 rings (SSSR count). The van der Waals surface area contributed by atoms with Gasteiger partial charge in [0.25, 0.3) is 0 Å². The fraction of sp³-hybridized carbons (Fsp3) is 0.0588. The number of halogens is 1. The van der Waals surface area contributed by atoms with Crippen molar-refractivity contribution < 1.29 is 4.92 Å². The number of hydrogen-bond donors (Lipinski definition) is 1. The summed E-state index contributed by atoms with van der Waals surface area (Å²) in [7, 11) is 0. The predicted octanol–water partition coefficient (Wildman–Crippen LogP) is 5.13. The Balaban J connectivity index is 2.32. The van der Waals surface area contributed by atoms with Gasteiger partial charge in [0.05, 0.1) is 10.6 Å². The zero-order valence-electron chi connectivity index (χ0n) is 11.8. The molecule has 0 fully saturated rings. The van der Waals surface area contributed by atoms with Crippen molar-refractivity contribution in [3.8, 4) is 11.3 Å². The lowest BCUT2D eigenvalue weighted by Gasteiger charge is -2.01. The van der Waals surface area contributed by atoms with Gasteiger partial charge >= 0.3 is 0 Å². The Morgan fingerprint density at radius 2 is 1.95 bits per heavy atom. The van der Waals surface area contributed by atoms with Crippen molar-refractivity contribution in [3.05, 3.63) is 74.9 Å². The van der Waals surface area contributed by atoms with E-state index in [-0.39, 0.29) is 5.70 Å². The number of hydrogen-bond acceptors (Lipinski definition) is 2. The van der Waals surface area contributed by atoms with Crippen LogP contribution in [0.5, 0.6) is 0 Å². The van der Waals surface area contributed by atoms with E-state index < -0.39 is 4.92 Å². The highest BCUT2D eigenvalue weighted by Crippen LogP contribution is 2.33. The Bertz CT molecular complexity index is 882. The zero-order chi connectivity index (χ0) is 15.7. The minimum atomic E-state index is -0.391. The van der Waals surface area contributed by atoms with Crippen LogP contribution in [0, 0.1) is 10.1 Å². The second kappa shape index (κ2) is 5.66. The van der Waals surface area contributed by atoms with E-state index in [1.54, 1.807) is 12.1 Å². The summed E-state index contributed by atoms with van der Waals surface area (Å²) >= 11 is 6.08. The van der Waals surface area contributed by atoms with Crippen molar-refractivity contribution >= 4 is 28.6 Å². The van der Waals surface area contributed by atoms with Crippen LogP contribution in [0.15, 0.2) is 54.2 Å². The Morgan fingerprint density at radius 3 is 2.64 bits per heavy atom. The highest BCUT2D eigenvalue weighted by Gasteiger charge is 2.14. The normalized spacial score (nSPS) is 11.8. The Morgan fingerprint density at radius 1 is 1.23 bits per heavy atom. The molecule has 4 nitrogen and oxygen atoms in total. The molecule has 1 N–H and O–H groups in total. The topological polar surface area (TPSA) is 58.9 Å². The van der Waals surface area contributed by atoms with Crippen LogP contribution in [0.1, 0.15) is 12.5 Å². The molecule has 3 aromatic rings. The van der Waals surface area contributed by atoms with Gasteiger partial charge in [-0.15, -0.1) is 0 Å². The summed E-state index contributed by atoms with van der Waals surface area (Å²) in [4.78, 5) is 13.9. The highest BCUT2D eigenvalue weighted by atomic mass is 35.5. The number of rotatable bonds is 3. The standard InChI is InChI=1S/C17H13ClN2O2/c1-11(20(21)22)9-15-14-10-13(18)7-8-16(14)19-17(15)12-5-3-2-4-6-12/h2-10,19H,1H3/b11-9-. The molecule has 0 bridgehead atoms. The van der Waals surface area contributed by atoms with Crippen molar-refractivity contribution in [2.45, 2.75) is 6.92 Å². The lowest BCUT2D eigenvalue weighted by Crippen LogP contribution is -1.93. The third kappa shape index (κ3) is 2.61. The molecule has 0 aliphatic rings. The molecule has 0 radical (unpaired) electrons. The van der Waals surface area contributed by atoms with E-state index in [4.69, 9.17) is 11.6 Å². The molecule has 1 heterocycles. The molecule has 2 aromatic carbocycles. The highest BCUT2D eigenvalue weighted by molar-refractivity contribution is 6.31. The minimum absolute atomic E-state index is 0.0815. The second-order valence-electron chi connectivity index (χ2n) is 5.01. The van der Waals surface area contributed by atoms with Crippen molar-refractivity contribution in [1.82, 2.24) is 4.98 Å². The van der Waals surface area contributed by atoms with Gasteiger partial charge in [-0.05, 0) is 23.8 Å². The van der Waals surface area contributed by atoms with Crippen molar-refractivity contribution in [2.24, 2.45) is 0 Å². The van der Waals surface area contributed by atoms with Crippen molar-refractivity contribution in [3.63, 3.8) is 0 Å². The molecule has 22 heavy (non-hydrogen) atoms. The Kier molecular flexibility index (Phi) is 3.69. The van der Waals surface area contributed by atoms with Crippen LogP contribution in [-0.2, 0) is 0 Å². The molecule has 0 saturated heterocycles. The van der Waals surface area contributed by atoms with E-state index >= 15 is 0 Å². The van der Waals surface area contributed by atoms with Crippen molar-refractivity contribution in [1.29, 1.82) is 0 Å². The maximum atomic E-state index is 11.0. The molecule has 0 aliphatic carbocycles. The second-order valence-corrected chi connectivity index (χ2v) is 5.45. The fourth-order valence-corrected chi connectivity index (χ4v) is 2.60. The largest absolute Gasteiger partial charge is 0.354 e. The number of allylic oxidation sites excluding steroid dienone is 1. The Labute approximate surface area is 132 Å². The summed E-state index contributed by atoms with van der Waals surface area (Å²) in [5.41, 5.74) is 3.57. The summed E-state index contributed by atoms with van der Waals surface area (Å²) < 4.78 is 0. The van der Waals surface area contributed by atoms with Gasteiger partial charge in [-0.1, -0.05) is 41.9 Å². The number of fused-ring (bicyclic) bond motifs is 1. The van der Waals surface area contributed by atoms with Crippen LogP contribution in [-0.4, -0.2) is 9.91 Å². The number of aromatic amines is 1. The summed E-state index contributed by atoms with van der Waals surface area (Å²) in [5.74, 6) is 0. The minimum Gasteiger partial charge on any atom is -0.354 e. The first kappa shape index (κ1) is 14.4. The van der Waals surface area contributed by atoms with E-state index in [2.05, 4.69) is 4.98 Å². The number of nitrogens with one attached hydrogen (secondary N) is 1. The van der Waals surface area contributed by atoms with Gasteiger partial charge < -0.3 is 4.98 Å². The average molecular weight is 313 g/mol. The summed E-state index contributed by atoms with van der Waals surface area (Å²) in [6.07, 6.45) is 1.58. The number of benzene rings is 2. The molecule has 0 spiro atoms. The average Bonchev–Trinajstić information content (AvgIpc) is 2.86. The lowest BCUT2D eigenvalue weighted by molar-refractivity contribution is -0.422. The molecule has 0 atom stereocenters. The van der Waals surface area contributed by atoms with Gasteiger partial charge in [0, 0.05) is 34.5 Å². The third-order valence-electron chi connectivity index (χ3n) is 3.50. The van der Waals surface area contributed by atoms with Crippen LogP contribution in [0.3, 0.4) is 0 Å². The molecule has 0 saturated carbocycles. The predicted molar refractivity (Wildman–Crippen MR) is 89.4 cm³/mol. The molecular weight excluding hydrogens is 300 g/mol. The molecule has 0 aliphatic heterocycles. The molecule has 5 heteroatoms. The van der Waals surface area contributed by atoms with Gasteiger partial charge in [-0.3, -0.25) is 10.1 Å². The monoisotopic (exact) mass is 312 g/mol. The number of H-pyrrole nitrogens is 1. The van der Waals surface area contributed by atoms with E-state index in [0.29, 0.717) is 5.02 Å². The van der Waals surface area contributed by atoms with Crippen LogP contribution < -0.4 is 0 Å². The van der Waals surface area contributed by atoms with E-state index in [9.17, 15) is 10.1 Å². The maximum absolute atomic E-state index is 11.0. The van der Waals surface area contributed by atoms with Gasteiger partial charge in [0.15, 0.2) is 0 Å². The molecule has 0 unspecified atom stereocenters. The summed E-state index contributed by atoms with van der Waals surface area (Å²) in [5, 5.41) is 12.4. The number of aromatic nitrogens is 1. The van der Waals surface area contributed by atoms with E-state index in [1.165, 1.54) is 6.92 Å². The molecule has 110 valence electrons. The van der Waals surface area contributed by atoms with Gasteiger partial charge in [-0.25, -0.2) is 0 Å². The quantitative estimate of drug-likeness (QED) is 0.538. The van der Waals surface area contributed by atoms with Crippen LogP contribution in [0.25, 0.3) is 28.2 Å². The SMILES string of the molecule is C/C(=C/c1c(-c2ccccc2)[nH]c2ccc(Cl)cc12)[N+](=O)[O-]. The van der Waals surface area contributed by atoms with E-state index in [1.807, 2.05) is 42.5 Å². The van der Waals surface area contributed by atoms with Gasteiger partial charge in [-0.2, -0.15) is 0 Å². The van der Waals surface area contributed by atoms with Gasteiger partial charge in [0.1, 0.15) is 0 Å². The Hall–Kier alpha value is -2.59. The first-order valence-electron chi connectivity index (χ1n) is 6.75. The lowest BCUT2D eigenvalue weighted by atomic mass is 10.0. The van der Waals surface area contributed by atoms with Crippen molar-refractivity contribution in [2.75, 3.05) is 0 Å².